The number of aliphatic hydroxyl groups excluding tert-OH is 2. The van der Waals surface area contributed by atoms with Gasteiger partial charge in [-0.2, -0.15) is 23.3 Å². The van der Waals surface area contributed by atoms with Crippen molar-refractivity contribution in [2.24, 2.45) is 9.98 Å². The summed E-state index contributed by atoms with van der Waals surface area (Å²) in [6, 6.07) is 13.0. The standard InChI is InChI=1S/2C11H13NO2.4C2H3ClO2.2CH4O.3Mn.4H2O/c2*1-11(2,8-13)12-7-9-5-3-4-6-10(9)14;4*3-1-2(4)5;2*1-2;;;;;;;/h2*3-6,14H,8H2,1-2H3;4*1H2,(H,4,5);2*2H,1H3;;;;4*1H2/q2*-2;;;;;;;;2*+3;;;;/p-4. The zero-order valence-corrected chi connectivity index (χ0v) is 38.9. The topological polar surface area (TPSA) is 447 Å². The number of hydrogen-bond donors (Lipinski definition) is 2. The number of rotatable bonds is 10. The van der Waals surface area contributed by atoms with E-state index in [9.17, 15) is 20.4 Å². The van der Waals surface area contributed by atoms with Crippen LogP contribution in [0.15, 0.2) is 58.5 Å². The van der Waals surface area contributed by atoms with E-state index in [1.54, 1.807) is 64.1 Å². The first kappa shape index (κ1) is 92.1. The summed E-state index contributed by atoms with van der Waals surface area (Å²) in [5.74, 6) is -6.84. The van der Waals surface area contributed by atoms with Crippen molar-refractivity contribution < 1.29 is 143 Å². The van der Waals surface area contributed by atoms with E-state index in [4.69, 9.17) is 49.8 Å². The van der Waals surface area contributed by atoms with Gasteiger partial charge in [-0.1, -0.05) is 24.6 Å². The van der Waals surface area contributed by atoms with Crippen molar-refractivity contribution in [3.05, 3.63) is 59.7 Å². The van der Waals surface area contributed by atoms with E-state index in [0.29, 0.717) is 11.1 Å². The van der Waals surface area contributed by atoms with Gasteiger partial charge in [-0.25, -0.2) is 11.5 Å². The Hall–Kier alpha value is -2.34. The Kier molecular flexibility index (Phi) is 97.3. The first-order chi connectivity index (χ1) is 24.2. The summed E-state index contributed by atoms with van der Waals surface area (Å²) in [5, 5.41) is 94.2. The molecule has 12 N–H and O–H groups in total. The first-order valence-corrected chi connectivity index (χ1v) is 15.9. The Morgan fingerprint density at radius 2 is 0.729 bits per heavy atom. The summed E-state index contributed by atoms with van der Waals surface area (Å²) in [4.78, 5) is 44.4. The summed E-state index contributed by atoms with van der Waals surface area (Å²) in [6.07, 6.45) is 5.23. The molecule has 0 aliphatic carbocycles. The van der Waals surface area contributed by atoms with Crippen LogP contribution >= 0.6 is 46.4 Å². The summed E-state index contributed by atoms with van der Waals surface area (Å²) < 4.78 is 0. The molecule has 27 heteroatoms. The third-order valence-corrected chi connectivity index (χ3v) is 4.75. The van der Waals surface area contributed by atoms with Crippen LogP contribution in [0.2, 0.25) is 0 Å². The Labute approximate surface area is 394 Å². The number of carbonyl (C=O) groups is 4. The van der Waals surface area contributed by atoms with Gasteiger partial charge in [0.25, 0.3) is 0 Å². The predicted molar refractivity (Wildman–Crippen MR) is 199 cm³/mol. The Morgan fingerprint density at radius 1 is 0.559 bits per heavy atom. The maximum Gasteiger partial charge on any atom is 3.00 e. The average Bonchev–Trinajstić information content (AvgIpc) is 3.13. The summed E-state index contributed by atoms with van der Waals surface area (Å²) >= 11 is 18.7. The number of halogens is 4. The van der Waals surface area contributed by atoms with Crippen LogP contribution in [-0.4, -0.2) is 120 Å². The van der Waals surface area contributed by atoms with E-state index in [1.165, 1.54) is 12.1 Å². The normalized spacial score (nSPS) is 8.51. The van der Waals surface area contributed by atoms with Crippen LogP contribution in [0.25, 0.3) is 0 Å². The maximum atomic E-state index is 11.2. The fourth-order valence-electron chi connectivity index (χ4n) is 1.61. The van der Waals surface area contributed by atoms with Gasteiger partial charge in [0.05, 0.1) is 47.4 Å². The van der Waals surface area contributed by atoms with Gasteiger partial charge in [0.1, 0.15) is 0 Å². The van der Waals surface area contributed by atoms with Gasteiger partial charge in [-0.05, 0) is 27.7 Å². The SMILES string of the molecule is CC(C)(C[O-])N=[C-]c1ccccc1[O-].CC(C)(C[O-])N=[C-]c1ccccc1[O-].CO.CO.O.O.O=C([O-])CCl.O=C([O-])CCl.O=C([O-])CCl.O=C([O-])CCl.[Mn+3].[Mn+3].[Mn].[OH3+].[OH3+]. The monoisotopic (exact) mass is 1050 g/mol. The second-order valence-electron chi connectivity index (χ2n) is 9.38. The zero-order valence-electron chi connectivity index (χ0n) is 32.3. The van der Waals surface area contributed by atoms with Crippen molar-refractivity contribution >= 4 is 82.7 Å². The van der Waals surface area contributed by atoms with Crippen molar-refractivity contribution in [1.29, 1.82) is 0 Å². The molecule has 20 nitrogen and oxygen atoms in total. The van der Waals surface area contributed by atoms with Gasteiger partial charge < -0.3 is 102 Å². The summed E-state index contributed by atoms with van der Waals surface area (Å²) in [6.45, 7) is 6.20. The molecule has 0 fully saturated rings. The zero-order chi connectivity index (χ0) is 42.3. The van der Waals surface area contributed by atoms with Gasteiger partial charge in [0.2, 0.25) is 0 Å². The van der Waals surface area contributed by atoms with E-state index in [-0.39, 0.29) is 97.8 Å². The van der Waals surface area contributed by atoms with Crippen LogP contribution in [-0.2, 0) is 81.3 Å². The van der Waals surface area contributed by atoms with Crippen LogP contribution in [0, 0.1) is 0 Å². The van der Waals surface area contributed by atoms with Gasteiger partial charge in [0.15, 0.2) is 0 Å². The van der Waals surface area contributed by atoms with Crippen LogP contribution in [0.4, 0.5) is 0 Å². The van der Waals surface area contributed by atoms with Crippen LogP contribution in [0.5, 0.6) is 11.5 Å². The molecule has 0 saturated carbocycles. The molecule has 2 aromatic carbocycles. The number of aliphatic hydroxyl groups is 2. The fraction of sp³-hybridized carbons (Fsp3) is 0.438. The van der Waals surface area contributed by atoms with E-state index >= 15 is 0 Å². The molecule has 2 aromatic rings. The van der Waals surface area contributed by atoms with Crippen molar-refractivity contribution in [3.63, 3.8) is 0 Å². The van der Waals surface area contributed by atoms with Crippen molar-refractivity contribution in [2.45, 2.75) is 38.8 Å². The minimum Gasteiger partial charge on any atom is -0.928 e. The minimum atomic E-state index is -1.23. The Bertz CT molecular complexity index is 1170. The molecule has 1 radical (unpaired) electrons. The van der Waals surface area contributed by atoms with E-state index in [2.05, 4.69) is 68.8 Å². The third kappa shape index (κ3) is 76.9. The molecule has 0 aliphatic rings. The molecular weight excluding hydrogens is 1010 g/mol. The molecule has 0 amide bonds. The number of nitrogens with zero attached hydrogens (tertiary/aromatic N) is 2. The van der Waals surface area contributed by atoms with Crippen molar-refractivity contribution in [1.82, 2.24) is 0 Å². The Balaban J connectivity index is -0.0000000399. The van der Waals surface area contributed by atoms with Gasteiger partial charge in [-0.3, -0.25) is 0 Å². The van der Waals surface area contributed by atoms with Crippen LogP contribution in [0.3, 0.4) is 0 Å². The number of para-hydroxylation sites is 2. The van der Waals surface area contributed by atoms with Crippen molar-refractivity contribution in [3.8, 4) is 11.5 Å². The van der Waals surface area contributed by atoms with Crippen molar-refractivity contribution in [2.75, 3.05) is 51.0 Å². The number of benzene rings is 2. The molecule has 0 unspecified atom stereocenters. The largest absolute Gasteiger partial charge is 3.00 e. The molecule has 347 valence electrons. The second kappa shape index (κ2) is 62.3. The molecule has 2 rings (SSSR count). The number of carbonyl (C=O) groups excluding carboxylic acids is 4. The number of aliphatic carboxylic acids is 4. The smallest absolute Gasteiger partial charge is 0.928 e. The van der Waals surface area contributed by atoms with Gasteiger partial charge >= 0.3 is 34.1 Å². The number of hydrogen-bond acceptors (Lipinski definition) is 16. The number of alkyl halides is 4. The van der Waals surface area contributed by atoms with E-state index in [1.807, 2.05) is 0 Å². The quantitative estimate of drug-likeness (QED) is 0.0734. The predicted octanol–water partition coefficient (Wildman–Crippen LogP) is -7.99. The molecular formula is C32H50Cl4Mn3N2O18-2. The van der Waals surface area contributed by atoms with Crippen LogP contribution < -0.4 is 40.9 Å². The molecule has 0 spiro atoms. The maximum absolute atomic E-state index is 11.2. The summed E-state index contributed by atoms with van der Waals surface area (Å²) in [7, 11) is 2.00. The molecule has 0 bridgehead atoms. The molecule has 0 heterocycles. The Morgan fingerprint density at radius 3 is 0.864 bits per heavy atom. The molecule has 59 heavy (non-hydrogen) atoms. The number of aliphatic imine (C=N–C) groups is 2. The number of carboxylic acids is 4. The molecule has 0 aromatic heterocycles. The number of carboxylic acid groups (broad SMARTS) is 4. The summed E-state index contributed by atoms with van der Waals surface area (Å²) in [5.41, 5.74) is -0.590. The third-order valence-electron chi connectivity index (χ3n) is 3.88. The molecule has 0 saturated heterocycles. The fourth-order valence-corrected chi connectivity index (χ4v) is 1.61. The minimum absolute atomic E-state index is 0. The van der Waals surface area contributed by atoms with Crippen LogP contribution in [0.1, 0.15) is 38.8 Å². The van der Waals surface area contributed by atoms with Gasteiger partial charge in [0, 0.05) is 42.4 Å². The molecule has 0 atom stereocenters. The average molecular weight is 1060 g/mol. The second-order valence-corrected chi connectivity index (χ2v) is 10.4. The van der Waals surface area contributed by atoms with Gasteiger partial charge in [-0.15, -0.1) is 83.9 Å². The van der Waals surface area contributed by atoms with E-state index in [0.717, 1.165) is 14.2 Å². The molecule has 0 aliphatic heterocycles. The van der Waals surface area contributed by atoms with E-state index < -0.39 is 58.5 Å². The first-order valence-electron chi connectivity index (χ1n) is 13.8.